The predicted octanol–water partition coefficient (Wildman–Crippen LogP) is 3.11. The summed E-state index contributed by atoms with van der Waals surface area (Å²) in [7, 11) is 1.36. The molecule has 0 heterocycles. The van der Waals surface area contributed by atoms with Gasteiger partial charge in [0.2, 0.25) is 0 Å². The number of anilines is 3. The van der Waals surface area contributed by atoms with E-state index in [4.69, 9.17) is 10.5 Å². The van der Waals surface area contributed by atoms with Crippen molar-refractivity contribution in [2.24, 2.45) is 0 Å². The Balaban J connectivity index is 2.31. The Labute approximate surface area is 112 Å². The van der Waals surface area contributed by atoms with Gasteiger partial charge in [-0.05, 0) is 36.8 Å². The molecule has 0 aliphatic rings. The molecule has 0 saturated heterocycles. The van der Waals surface area contributed by atoms with Gasteiger partial charge in [0.05, 0.1) is 24.0 Å². The Morgan fingerprint density at radius 3 is 2.63 bits per heavy atom. The van der Waals surface area contributed by atoms with Crippen molar-refractivity contribution in [3.63, 3.8) is 0 Å². The van der Waals surface area contributed by atoms with Gasteiger partial charge in [-0.25, -0.2) is 4.79 Å². The highest BCUT2D eigenvalue weighted by Gasteiger charge is 2.07. The van der Waals surface area contributed by atoms with Gasteiger partial charge in [0.1, 0.15) is 0 Å². The zero-order chi connectivity index (χ0) is 13.8. The molecule has 0 amide bonds. The summed E-state index contributed by atoms with van der Waals surface area (Å²) in [5, 5.41) is 3.23. The summed E-state index contributed by atoms with van der Waals surface area (Å²) in [5.41, 5.74) is 9.80. The van der Waals surface area contributed by atoms with E-state index < -0.39 is 0 Å². The Kier molecular flexibility index (Phi) is 3.71. The van der Waals surface area contributed by atoms with Crippen LogP contribution < -0.4 is 11.1 Å². The first kappa shape index (κ1) is 13.0. The molecule has 0 aliphatic carbocycles. The average Bonchev–Trinajstić information content (AvgIpc) is 2.42. The van der Waals surface area contributed by atoms with E-state index in [1.807, 2.05) is 31.2 Å². The molecular formula is C15H16N2O2. The molecule has 0 spiro atoms. The van der Waals surface area contributed by atoms with Crippen molar-refractivity contribution in [1.82, 2.24) is 0 Å². The van der Waals surface area contributed by atoms with E-state index in [-0.39, 0.29) is 5.97 Å². The summed E-state index contributed by atoms with van der Waals surface area (Å²) in [6, 6.07) is 12.8. The van der Waals surface area contributed by atoms with E-state index in [0.29, 0.717) is 11.3 Å². The quantitative estimate of drug-likeness (QED) is 0.654. The van der Waals surface area contributed by atoms with Crippen molar-refractivity contribution in [1.29, 1.82) is 0 Å². The number of para-hydroxylation sites is 1. The van der Waals surface area contributed by atoms with E-state index in [9.17, 15) is 4.79 Å². The van der Waals surface area contributed by atoms with Crippen LogP contribution >= 0.6 is 0 Å². The van der Waals surface area contributed by atoms with Gasteiger partial charge < -0.3 is 15.8 Å². The van der Waals surface area contributed by atoms with Crippen LogP contribution in [0.25, 0.3) is 0 Å². The predicted molar refractivity (Wildman–Crippen MR) is 76.7 cm³/mol. The summed E-state index contributed by atoms with van der Waals surface area (Å²) in [4.78, 5) is 11.5. The summed E-state index contributed by atoms with van der Waals surface area (Å²) in [5.74, 6) is -0.360. The van der Waals surface area contributed by atoms with Gasteiger partial charge >= 0.3 is 5.97 Å². The number of esters is 1. The number of nitrogen functional groups attached to an aromatic ring is 1. The third-order valence-electron chi connectivity index (χ3n) is 2.86. The molecule has 0 saturated carbocycles. The molecule has 19 heavy (non-hydrogen) atoms. The van der Waals surface area contributed by atoms with Crippen LogP contribution in [0.3, 0.4) is 0 Å². The molecule has 0 bridgehead atoms. The minimum absolute atomic E-state index is 0.360. The lowest BCUT2D eigenvalue weighted by Crippen LogP contribution is -2.03. The van der Waals surface area contributed by atoms with E-state index in [2.05, 4.69) is 5.32 Å². The topological polar surface area (TPSA) is 64.3 Å². The molecule has 4 heteroatoms. The molecule has 0 fully saturated rings. The van der Waals surface area contributed by atoms with Crippen LogP contribution in [0.2, 0.25) is 0 Å². The zero-order valence-electron chi connectivity index (χ0n) is 10.9. The molecular weight excluding hydrogens is 240 g/mol. The highest BCUT2D eigenvalue weighted by molar-refractivity contribution is 5.91. The summed E-state index contributed by atoms with van der Waals surface area (Å²) < 4.78 is 4.70. The maximum Gasteiger partial charge on any atom is 0.337 e. The Morgan fingerprint density at radius 2 is 1.95 bits per heavy atom. The monoisotopic (exact) mass is 256 g/mol. The number of rotatable bonds is 3. The minimum atomic E-state index is -0.360. The molecule has 0 aromatic heterocycles. The van der Waals surface area contributed by atoms with Crippen molar-refractivity contribution in [3.8, 4) is 0 Å². The number of carbonyl (C=O) groups is 1. The van der Waals surface area contributed by atoms with Gasteiger partial charge in [-0.1, -0.05) is 18.2 Å². The molecule has 4 nitrogen and oxygen atoms in total. The van der Waals surface area contributed by atoms with Crippen LogP contribution in [-0.2, 0) is 4.74 Å². The van der Waals surface area contributed by atoms with Crippen LogP contribution in [0.4, 0.5) is 17.1 Å². The highest BCUT2D eigenvalue weighted by atomic mass is 16.5. The third kappa shape index (κ3) is 2.85. The molecule has 0 aliphatic heterocycles. The van der Waals surface area contributed by atoms with Gasteiger partial charge in [0.25, 0.3) is 0 Å². The lowest BCUT2D eigenvalue weighted by atomic mass is 10.1. The van der Waals surface area contributed by atoms with Crippen LogP contribution in [0.1, 0.15) is 15.9 Å². The number of methoxy groups -OCH3 is 1. The molecule has 0 unspecified atom stereocenters. The molecule has 0 radical (unpaired) electrons. The first-order chi connectivity index (χ1) is 9.11. The third-order valence-corrected chi connectivity index (χ3v) is 2.86. The second-order valence-electron chi connectivity index (χ2n) is 4.24. The molecule has 0 atom stereocenters. The molecule has 98 valence electrons. The highest BCUT2D eigenvalue weighted by Crippen LogP contribution is 2.27. The summed E-state index contributed by atoms with van der Waals surface area (Å²) >= 11 is 0. The second-order valence-corrected chi connectivity index (χ2v) is 4.24. The number of nitrogens with two attached hydrogens (primary N) is 1. The van der Waals surface area contributed by atoms with E-state index in [0.717, 1.165) is 16.9 Å². The lowest BCUT2D eigenvalue weighted by Gasteiger charge is -2.12. The Bertz CT molecular complexity index is 589. The molecule has 2 aromatic carbocycles. The zero-order valence-corrected chi connectivity index (χ0v) is 10.9. The molecule has 2 rings (SSSR count). The SMILES string of the molecule is COC(=O)c1cccc(Nc2c(C)cccc2N)c1. The Morgan fingerprint density at radius 1 is 1.21 bits per heavy atom. The van der Waals surface area contributed by atoms with Gasteiger partial charge in [-0.2, -0.15) is 0 Å². The minimum Gasteiger partial charge on any atom is -0.465 e. The fourth-order valence-electron chi connectivity index (χ4n) is 1.85. The van der Waals surface area contributed by atoms with Gasteiger partial charge in [-0.15, -0.1) is 0 Å². The van der Waals surface area contributed by atoms with Gasteiger partial charge in [0.15, 0.2) is 0 Å². The number of ether oxygens (including phenoxy) is 1. The van der Waals surface area contributed by atoms with E-state index >= 15 is 0 Å². The van der Waals surface area contributed by atoms with Gasteiger partial charge in [0, 0.05) is 5.69 Å². The first-order valence-corrected chi connectivity index (χ1v) is 5.92. The van der Waals surface area contributed by atoms with Crippen LogP contribution in [-0.4, -0.2) is 13.1 Å². The van der Waals surface area contributed by atoms with Gasteiger partial charge in [-0.3, -0.25) is 0 Å². The second kappa shape index (κ2) is 5.44. The number of aryl methyl sites for hydroxylation is 1. The van der Waals surface area contributed by atoms with Crippen LogP contribution in [0.15, 0.2) is 42.5 Å². The van der Waals surface area contributed by atoms with Crippen molar-refractivity contribution in [3.05, 3.63) is 53.6 Å². The van der Waals surface area contributed by atoms with E-state index in [1.54, 1.807) is 18.2 Å². The smallest absolute Gasteiger partial charge is 0.337 e. The summed E-state index contributed by atoms with van der Waals surface area (Å²) in [6.45, 7) is 1.98. The Hall–Kier alpha value is -2.49. The van der Waals surface area contributed by atoms with Crippen molar-refractivity contribution >= 4 is 23.0 Å². The average molecular weight is 256 g/mol. The number of hydrogen-bond acceptors (Lipinski definition) is 4. The number of carbonyl (C=O) groups excluding carboxylic acids is 1. The fourth-order valence-corrected chi connectivity index (χ4v) is 1.85. The lowest BCUT2D eigenvalue weighted by molar-refractivity contribution is 0.0601. The standard InChI is InChI=1S/C15H16N2O2/c1-10-5-3-8-13(16)14(10)17-12-7-4-6-11(9-12)15(18)19-2/h3-9,17H,16H2,1-2H3. The number of hydrogen-bond donors (Lipinski definition) is 2. The fraction of sp³-hybridized carbons (Fsp3) is 0.133. The maximum absolute atomic E-state index is 11.5. The largest absolute Gasteiger partial charge is 0.465 e. The van der Waals surface area contributed by atoms with Crippen LogP contribution in [0.5, 0.6) is 0 Å². The van der Waals surface area contributed by atoms with Crippen molar-refractivity contribution in [2.75, 3.05) is 18.2 Å². The van der Waals surface area contributed by atoms with Crippen molar-refractivity contribution in [2.45, 2.75) is 6.92 Å². The van der Waals surface area contributed by atoms with Crippen molar-refractivity contribution < 1.29 is 9.53 Å². The molecule has 2 aromatic rings. The van der Waals surface area contributed by atoms with Crippen LogP contribution in [0, 0.1) is 6.92 Å². The number of benzene rings is 2. The summed E-state index contributed by atoms with van der Waals surface area (Å²) in [6.07, 6.45) is 0. The normalized spacial score (nSPS) is 10.0. The first-order valence-electron chi connectivity index (χ1n) is 5.92. The number of nitrogens with one attached hydrogen (secondary N) is 1. The molecule has 3 N–H and O–H groups in total. The maximum atomic E-state index is 11.5. The van der Waals surface area contributed by atoms with E-state index in [1.165, 1.54) is 7.11 Å².